The fraction of sp³-hybridized carbons (Fsp3) is 0.353. The van der Waals surface area contributed by atoms with E-state index in [4.69, 9.17) is 0 Å². The van der Waals surface area contributed by atoms with Crippen molar-refractivity contribution in [3.05, 3.63) is 52.1 Å². The zero-order valence-corrected chi connectivity index (χ0v) is 13.9. The summed E-state index contributed by atoms with van der Waals surface area (Å²) in [6, 6.07) is 9.87. The van der Waals surface area contributed by atoms with Gasteiger partial charge in [0.15, 0.2) is 0 Å². The Bertz CT molecular complexity index is 907. The first-order chi connectivity index (χ1) is 11.0. The van der Waals surface area contributed by atoms with Gasteiger partial charge in [0, 0.05) is 24.0 Å². The van der Waals surface area contributed by atoms with Crippen molar-refractivity contribution in [3.63, 3.8) is 0 Å². The number of anilines is 2. The molecule has 2 heterocycles. The van der Waals surface area contributed by atoms with Gasteiger partial charge in [0.2, 0.25) is 0 Å². The first-order valence-corrected chi connectivity index (χ1v) is 7.75. The normalized spacial score (nSPS) is 11.3. The van der Waals surface area contributed by atoms with Gasteiger partial charge in [0.1, 0.15) is 5.82 Å². The summed E-state index contributed by atoms with van der Waals surface area (Å²) < 4.78 is 3.03. The molecule has 3 rings (SSSR count). The smallest absolute Gasteiger partial charge is 0.340 e. The number of para-hydroxylation sites is 1. The molecule has 0 amide bonds. The van der Waals surface area contributed by atoms with E-state index < -0.39 is 0 Å². The topological polar surface area (TPSA) is 64.2 Å². The Balaban J connectivity index is 2.04. The Morgan fingerprint density at radius 3 is 2.65 bits per heavy atom. The van der Waals surface area contributed by atoms with E-state index in [0.29, 0.717) is 24.1 Å². The van der Waals surface area contributed by atoms with E-state index in [1.54, 1.807) is 4.40 Å². The van der Waals surface area contributed by atoms with Crippen LogP contribution in [0, 0.1) is 19.8 Å². The zero-order chi connectivity index (χ0) is 16.6. The highest BCUT2D eigenvalue weighted by atomic mass is 16.2. The van der Waals surface area contributed by atoms with Gasteiger partial charge in [0.25, 0.3) is 5.78 Å². The van der Waals surface area contributed by atoms with Gasteiger partial charge in [-0.25, -0.2) is 13.9 Å². The highest BCUT2D eigenvalue weighted by molar-refractivity contribution is 5.61. The molecule has 0 radical (unpaired) electrons. The molecule has 0 aliphatic carbocycles. The van der Waals surface area contributed by atoms with E-state index in [2.05, 4.69) is 29.2 Å². The van der Waals surface area contributed by atoms with Crippen molar-refractivity contribution in [2.24, 2.45) is 5.92 Å². The van der Waals surface area contributed by atoms with Gasteiger partial charge in [-0.05, 0) is 31.4 Å². The maximum Gasteiger partial charge on any atom is 0.351 e. The molecule has 6 heteroatoms. The lowest BCUT2D eigenvalue weighted by atomic mass is 10.2. The predicted molar refractivity (Wildman–Crippen MR) is 91.3 cm³/mol. The molecule has 2 aromatic heterocycles. The minimum Gasteiger partial charge on any atom is -0.340 e. The van der Waals surface area contributed by atoms with Crippen LogP contribution in [-0.4, -0.2) is 19.2 Å². The highest BCUT2D eigenvalue weighted by Crippen LogP contribution is 2.19. The van der Waals surface area contributed by atoms with Crippen molar-refractivity contribution in [2.75, 3.05) is 5.32 Å². The van der Waals surface area contributed by atoms with Crippen molar-refractivity contribution in [1.29, 1.82) is 0 Å². The lowest BCUT2D eigenvalue weighted by Crippen LogP contribution is -2.24. The van der Waals surface area contributed by atoms with E-state index in [9.17, 15) is 4.79 Å². The van der Waals surface area contributed by atoms with Gasteiger partial charge in [-0.15, -0.1) is 5.10 Å². The molecule has 0 saturated carbocycles. The Morgan fingerprint density at radius 1 is 1.22 bits per heavy atom. The minimum absolute atomic E-state index is 0.138. The zero-order valence-electron chi connectivity index (χ0n) is 13.9. The highest BCUT2D eigenvalue weighted by Gasteiger charge is 2.13. The summed E-state index contributed by atoms with van der Waals surface area (Å²) in [7, 11) is 0. The second-order valence-corrected chi connectivity index (χ2v) is 6.22. The maximum absolute atomic E-state index is 12.4. The molecule has 0 aliphatic rings. The van der Waals surface area contributed by atoms with Crippen LogP contribution in [0.2, 0.25) is 0 Å². The lowest BCUT2D eigenvalue weighted by molar-refractivity contribution is 0.471. The third-order valence-electron chi connectivity index (χ3n) is 3.69. The maximum atomic E-state index is 12.4. The molecule has 0 aliphatic heterocycles. The van der Waals surface area contributed by atoms with E-state index in [0.717, 1.165) is 16.9 Å². The van der Waals surface area contributed by atoms with Crippen LogP contribution in [0.25, 0.3) is 5.78 Å². The number of aryl methyl sites for hydroxylation is 2. The molecule has 23 heavy (non-hydrogen) atoms. The van der Waals surface area contributed by atoms with Crippen molar-refractivity contribution in [1.82, 2.24) is 19.2 Å². The molecular formula is C17H21N5O. The van der Waals surface area contributed by atoms with Crippen LogP contribution in [0.1, 0.15) is 25.1 Å². The number of hydrogen-bond acceptors (Lipinski definition) is 4. The molecular weight excluding hydrogens is 290 g/mol. The average molecular weight is 311 g/mol. The molecule has 0 unspecified atom stereocenters. The van der Waals surface area contributed by atoms with E-state index >= 15 is 0 Å². The van der Waals surface area contributed by atoms with Crippen LogP contribution in [0.15, 0.2) is 35.1 Å². The molecule has 3 aromatic rings. The summed E-state index contributed by atoms with van der Waals surface area (Å²) >= 11 is 0. The number of benzene rings is 1. The minimum atomic E-state index is -0.138. The Morgan fingerprint density at radius 2 is 1.96 bits per heavy atom. The van der Waals surface area contributed by atoms with Crippen LogP contribution < -0.4 is 11.0 Å². The summed E-state index contributed by atoms with van der Waals surface area (Å²) in [5, 5.41) is 7.65. The number of aromatic nitrogens is 4. The molecule has 0 fully saturated rings. The first-order valence-electron chi connectivity index (χ1n) is 7.75. The van der Waals surface area contributed by atoms with Crippen LogP contribution in [0.4, 0.5) is 11.5 Å². The number of nitrogens with zero attached hydrogens (tertiary/aromatic N) is 4. The lowest BCUT2D eigenvalue weighted by Gasteiger charge is -2.09. The molecule has 6 nitrogen and oxygen atoms in total. The summed E-state index contributed by atoms with van der Waals surface area (Å²) in [5.74, 6) is 1.46. The van der Waals surface area contributed by atoms with Gasteiger partial charge in [-0.3, -0.25) is 0 Å². The van der Waals surface area contributed by atoms with E-state index in [-0.39, 0.29) is 5.69 Å². The third kappa shape index (κ3) is 2.97. The quantitative estimate of drug-likeness (QED) is 0.804. The Hall–Kier alpha value is -2.63. The van der Waals surface area contributed by atoms with Crippen LogP contribution in [0.3, 0.4) is 0 Å². The second kappa shape index (κ2) is 5.87. The van der Waals surface area contributed by atoms with Crippen molar-refractivity contribution < 1.29 is 0 Å². The number of hydrogen-bond donors (Lipinski definition) is 1. The molecule has 0 atom stereocenters. The van der Waals surface area contributed by atoms with Crippen molar-refractivity contribution in [3.8, 4) is 0 Å². The third-order valence-corrected chi connectivity index (χ3v) is 3.69. The van der Waals surface area contributed by atoms with Gasteiger partial charge in [-0.1, -0.05) is 32.0 Å². The molecule has 1 aromatic carbocycles. The number of nitrogens with one attached hydrogen (secondary N) is 1. The summed E-state index contributed by atoms with van der Waals surface area (Å²) in [6.45, 7) is 8.63. The van der Waals surface area contributed by atoms with Gasteiger partial charge < -0.3 is 5.32 Å². The van der Waals surface area contributed by atoms with Crippen molar-refractivity contribution in [2.45, 2.75) is 34.2 Å². The summed E-state index contributed by atoms with van der Waals surface area (Å²) in [5.41, 5.74) is 2.80. The Labute approximate surface area is 134 Å². The predicted octanol–water partition coefficient (Wildman–Crippen LogP) is 2.91. The molecule has 120 valence electrons. The fourth-order valence-corrected chi connectivity index (χ4v) is 2.56. The fourth-order valence-electron chi connectivity index (χ4n) is 2.56. The van der Waals surface area contributed by atoms with Crippen LogP contribution >= 0.6 is 0 Å². The monoisotopic (exact) mass is 311 g/mol. The van der Waals surface area contributed by atoms with Crippen LogP contribution in [0.5, 0.6) is 0 Å². The standard InChI is InChI=1S/C17H21N5O/c1-11(2)10-21-17(23)22-13(4)9-15(19-16(22)20-21)18-14-8-6-5-7-12(14)3/h5-9,11H,10H2,1-4H3,(H,18,19,20). The first kappa shape index (κ1) is 15.3. The van der Waals surface area contributed by atoms with Gasteiger partial charge >= 0.3 is 5.69 Å². The SMILES string of the molecule is Cc1ccccc1Nc1cc(C)n2c(=O)n(CC(C)C)nc2n1. The molecule has 0 spiro atoms. The second-order valence-electron chi connectivity index (χ2n) is 6.22. The molecule has 1 N–H and O–H groups in total. The van der Waals surface area contributed by atoms with Crippen molar-refractivity contribution >= 4 is 17.3 Å². The largest absolute Gasteiger partial charge is 0.351 e. The summed E-state index contributed by atoms with van der Waals surface area (Å²) in [4.78, 5) is 16.9. The molecule has 0 saturated heterocycles. The average Bonchev–Trinajstić information content (AvgIpc) is 2.77. The van der Waals surface area contributed by atoms with Crippen LogP contribution in [-0.2, 0) is 6.54 Å². The summed E-state index contributed by atoms with van der Waals surface area (Å²) in [6.07, 6.45) is 0. The van der Waals surface area contributed by atoms with E-state index in [1.807, 2.05) is 44.2 Å². The number of fused-ring (bicyclic) bond motifs is 1. The Kier molecular flexibility index (Phi) is 3.90. The number of rotatable bonds is 4. The van der Waals surface area contributed by atoms with Gasteiger partial charge in [0.05, 0.1) is 0 Å². The van der Waals surface area contributed by atoms with Gasteiger partial charge in [-0.2, -0.15) is 4.98 Å². The molecule has 0 bridgehead atoms. The van der Waals surface area contributed by atoms with E-state index in [1.165, 1.54) is 4.68 Å².